The lowest BCUT2D eigenvalue weighted by Gasteiger charge is -2.39. The average molecular weight is 597 g/mol. The second-order valence-corrected chi connectivity index (χ2v) is 12.6. The molecule has 0 saturated carbocycles. The quantitative estimate of drug-likeness (QED) is 0.321. The van der Waals surface area contributed by atoms with Crippen LogP contribution in [0.4, 0.5) is 14.6 Å². The number of pyridine rings is 1. The van der Waals surface area contributed by atoms with E-state index in [2.05, 4.69) is 21.0 Å². The van der Waals surface area contributed by atoms with Crippen molar-refractivity contribution in [2.45, 2.75) is 56.5 Å². The number of hydrogen-bond acceptors (Lipinski definition) is 8. The first-order valence-corrected chi connectivity index (χ1v) is 15.6. The fourth-order valence-electron chi connectivity index (χ4n) is 8.05. The number of halogens is 2. The molecule has 4 aliphatic heterocycles. The predicted octanol–water partition coefficient (Wildman–Crippen LogP) is 4.93. The molecular weight excluding hydrogens is 562 g/mol. The van der Waals surface area contributed by atoms with Crippen molar-refractivity contribution in [3.05, 3.63) is 47.2 Å². The number of benzene rings is 2. The molecule has 4 aliphatic rings. The van der Waals surface area contributed by atoms with E-state index in [-0.39, 0.29) is 45.7 Å². The predicted molar refractivity (Wildman–Crippen MR) is 165 cm³/mol. The third-order valence-electron chi connectivity index (χ3n) is 10.1. The van der Waals surface area contributed by atoms with E-state index in [0.717, 1.165) is 71.2 Å². The van der Waals surface area contributed by atoms with Crippen LogP contribution in [-0.4, -0.2) is 75.9 Å². The van der Waals surface area contributed by atoms with Gasteiger partial charge >= 0.3 is 6.01 Å². The van der Waals surface area contributed by atoms with Gasteiger partial charge in [-0.15, -0.1) is 6.42 Å². The molecule has 2 aromatic heterocycles. The molecule has 6 heterocycles. The Labute approximate surface area is 254 Å². The van der Waals surface area contributed by atoms with E-state index >= 15 is 4.39 Å². The minimum absolute atomic E-state index is 0.00513. The molecule has 8 nitrogen and oxygen atoms in total. The molecule has 0 spiro atoms. The molecule has 3 fully saturated rings. The molecule has 0 amide bonds. The van der Waals surface area contributed by atoms with Crippen molar-refractivity contribution in [2.75, 3.05) is 44.2 Å². The van der Waals surface area contributed by atoms with Crippen molar-refractivity contribution in [1.29, 1.82) is 0 Å². The van der Waals surface area contributed by atoms with Gasteiger partial charge in [0.15, 0.2) is 5.82 Å². The highest BCUT2D eigenvalue weighted by atomic mass is 19.1. The van der Waals surface area contributed by atoms with Crippen molar-refractivity contribution in [2.24, 2.45) is 0 Å². The highest BCUT2D eigenvalue weighted by Crippen LogP contribution is 2.42. The molecule has 2 N–H and O–H groups in total. The molecule has 3 saturated heterocycles. The van der Waals surface area contributed by atoms with Crippen molar-refractivity contribution < 1.29 is 18.6 Å². The topological polar surface area (TPSA) is 86.6 Å². The van der Waals surface area contributed by atoms with Crippen molar-refractivity contribution >= 4 is 27.5 Å². The van der Waals surface area contributed by atoms with Gasteiger partial charge in [-0.3, -0.25) is 4.90 Å². The van der Waals surface area contributed by atoms with Crippen molar-refractivity contribution in [3.8, 4) is 35.4 Å². The van der Waals surface area contributed by atoms with Gasteiger partial charge in [-0.25, -0.2) is 13.8 Å². The molecule has 8 rings (SSSR count). The molecular formula is C34H34F2N6O2. The summed E-state index contributed by atoms with van der Waals surface area (Å²) in [5, 5.41) is 15.5. The summed E-state index contributed by atoms with van der Waals surface area (Å²) in [5.41, 5.74) is 0.951. The molecule has 226 valence electrons. The zero-order chi connectivity index (χ0) is 30.0. The van der Waals surface area contributed by atoms with E-state index in [0.29, 0.717) is 40.7 Å². The SMILES string of the molecule is C#Cc1c(F)ccc2cc(O)cc(-c3nc4c5c(nc(OCC67CCCN6CCC7)nc5c3F)N3CCNCC3CCC4)c12. The van der Waals surface area contributed by atoms with Gasteiger partial charge in [0, 0.05) is 36.6 Å². The maximum Gasteiger partial charge on any atom is 0.319 e. The van der Waals surface area contributed by atoms with E-state index in [1.54, 1.807) is 0 Å². The summed E-state index contributed by atoms with van der Waals surface area (Å²) in [6.07, 6.45) is 12.5. The molecule has 10 heteroatoms. The summed E-state index contributed by atoms with van der Waals surface area (Å²) >= 11 is 0. The molecule has 2 aromatic carbocycles. The molecule has 4 aromatic rings. The largest absolute Gasteiger partial charge is 0.508 e. The summed E-state index contributed by atoms with van der Waals surface area (Å²) in [4.78, 5) is 19.3. The fourth-order valence-corrected chi connectivity index (χ4v) is 8.05. The Morgan fingerprint density at radius 3 is 2.73 bits per heavy atom. The lowest BCUT2D eigenvalue weighted by atomic mass is 9.94. The van der Waals surface area contributed by atoms with Crippen LogP contribution in [0, 0.1) is 24.0 Å². The summed E-state index contributed by atoms with van der Waals surface area (Å²) < 4.78 is 38.3. The standard InChI is InChI=1S/C34H34F2N6O2/c1-2-23-25(35)9-8-20-16-22(43)17-24(27(20)23)30-29(36)31-28-26(38-30)7-3-6-21-18-37-12-15-42(21)32(28)40-33(39-31)44-19-34-10-4-13-41(34)14-5-11-34/h1,8-9,16-17,21,37,43H,3-7,10-15,18-19H2. The summed E-state index contributed by atoms with van der Waals surface area (Å²) in [6, 6.07) is 6.03. The van der Waals surface area contributed by atoms with Crippen LogP contribution in [0.5, 0.6) is 11.8 Å². The lowest BCUT2D eigenvalue weighted by molar-refractivity contribution is 0.108. The highest BCUT2D eigenvalue weighted by molar-refractivity contribution is 6.03. The number of piperazine rings is 1. The van der Waals surface area contributed by atoms with Crippen LogP contribution in [0.1, 0.15) is 49.8 Å². The highest BCUT2D eigenvalue weighted by Gasteiger charge is 2.45. The van der Waals surface area contributed by atoms with Gasteiger partial charge in [-0.05, 0) is 81.6 Å². The van der Waals surface area contributed by atoms with Gasteiger partial charge in [0.25, 0.3) is 0 Å². The number of anilines is 1. The van der Waals surface area contributed by atoms with Crippen LogP contribution in [0.3, 0.4) is 0 Å². The minimum Gasteiger partial charge on any atom is -0.508 e. The van der Waals surface area contributed by atoms with Gasteiger partial charge in [0.1, 0.15) is 35.2 Å². The zero-order valence-electron chi connectivity index (χ0n) is 24.5. The number of aryl methyl sites for hydroxylation is 1. The number of nitrogens with one attached hydrogen (secondary N) is 1. The summed E-state index contributed by atoms with van der Waals surface area (Å²) in [6.45, 7) is 4.92. The maximum absolute atomic E-state index is 17.0. The Bertz CT molecular complexity index is 1850. The molecule has 1 unspecified atom stereocenters. The normalized spacial score (nSPS) is 21.1. The molecule has 44 heavy (non-hydrogen) atoms. The maximum atomic E-state index is 17.0. The van der Waals surface area contributed by atoms with Crippen LogP contribution >= 0.6 is 0 Å². The summed E-state index contributed by atoms with van der Waals surface area (Å²) in [7, 11) is 0. The second kappa shape index (κ2) is 10.5. The first-order valence-electron chi connectivity index (χ1n) is 15.6. The zero-order valence-corrected chi connectivity index (χ0v) is 24.5. The Morgan fingerprint density at radius 1 is 1.07 bits per heavy atom. The van der Waals surface area contributed by atoms with Crippen molar-refractivity contribution in [1.82, 2.24) is 25.2 Å². The second-order valence-electron chi connectivity index (χ2n) is 12.6. The third kappa shape index (κ3) is 4.28. The minimum atomic E-state index is -0.676. The van der Waals surface area contributed by atoms with Crippen LogP contribution < -0.4 is 15.0 Å². The lowest BCUT2D eigenvalue weighted by Crippen LogP contribution is -2.52. The van der Waals surface area contributed by atoms with Crippen LogP contribution in [0.25, 0.3) is 32.9 Å². The Morgan fingerprint density at radius 2 is 1.91 bits per heavy atom. The first-order chi connectivity index (χ1) is 21.5. The monoisotopic (exact) mass is 596 g/mol. The number of aromatic nitrogens is 3. The molecule has 0 aliphatic carbocycles. The Balaban J connectivity index is 1.35. The number of phenolic OH excluding ortho intramolecular Hbond substituents is 1. The van der Waals surface area contributed by atoms with Crippen LogP contribution in [0.2, 0.25) is 0 Å². The average Bonchev–Trinajstić information content (AvgIpc) is 3.61. The van der Waals surface area contributed by atoms with Crippen LogP contribution in [0.15, 0.2) is 24.3 Å². The van der Waals surface area contributed by atoms with Gasteiger partial charge in [0.05, 0.1) is 22.2 Å². The van der Waals surface area contributed by atoms with E-state index in [1.807, 2.05) is 0 Å². The fraction of sp³-hybridized carbons (Fsp3) is 0.441. The van der Waals surface area contributed by atoms with E-state index < -0.39 is 11.6 Å². The number of terminal acetylenes is 1. The van der Waals surface area contributed by atoms with Gasteiger partial charge < -0.3 is 20.1 Å². The number of phenols is 1. The molecule has 0 bridgehead atoms. The Hall–Kier alpha value is -4.07. The van der Waals surface area contributed by atoms with E-state index in [1.165, 1.54) is 24.3 Å². The van der Waals surface area contributed by atoms with E-state index in [9.17, 15) is 9.50 Å². The first kappa shape index (κ1) is 27.5. The number of ether oxygens (including phenoxy) is 1. The summed E-state index contributed by atoms with van der Waals surface area (Å²) in [5.74, 6) is 1.70. The number of hydrogen-bond donors (Lipinski definition) is 2. The Kier molecular flexibility index (Phi) is 6.58. The van der Waals surface area contributed by atoms with Crippen LogP contribution in [-0.2, 0) is 6.42 Å². The van der Waals surface area contributed by atoms with Gasteiger partial charge in [-0.2, -0.15) is 9.97 Å². The van der Waals surface area contributed by atoms with Gasteiger partial charge in [-0.1, -0.05) is 12.0 Å². The van der Waals surface area contributed by atoms with E-state index in [4.69, 9.17) is 26.1 Å². The molecule has 0 radical (unpaired) electrons. The number of nitrogens with zero attached hydrogens (tertiary/aromatic N) is 5. The smallest absolute Gasteiger partial charge is 0.319 e. The number of fused-ring (bicyclic) bond motifs is 4. The van der Waals surface area contributed by atoms with Crippen molar-refractivity contribution in [3.63, 3.8) is 0 Å². The van der Waals surface area contributed by atoms with Gasteiger partial charge in [0.2, 0.25) is 0 Å². The third-order valence-corrected chi connectivity index (χ3v) is 10.1. The molecule has 1 atom stereocenters. The number of rotatable bonds is 4. The number of aromatic hydroxyl groups is 1.